The highest BCUT2D eigenvalue weighted by Gasteiger charge is 2.23. The molecule has 0 spiro atoms. The molecule has 0 saturated carbocycles. The number of aliphatic hydroxyl groups is 1. The average Bonchev–Trinajstić information content (AvgIpc) is 2.24. The number of hydrogen-bond donors (Lipinski definition) is 1. The van der Waals surface area contributed by atoms with E-state index in [-0.39, 0.29) is 5.69 Å². The van der Waals surface area contributed by atoms with Crippen LogP contribution >= 0.6 is 15.9 Å². The standard InChI is InChI=1S/C12H17BrN2O3/c1-4-14(8-12(2,3)16)10-6-5-9(13)7-11(10)15(17)18/h5-7,16H,4,8H2,1-3H3. The van der Waals surface area contributed by atoms with Gasteiger partial charge in [0, 0.05) is 23.6 Å². The Morgan fingerprint density at radius 2 is 2.11 bits per heavy atom. The van der Waals surface area contributed by atoms with Crippen molar-refractivity contribution in [3.63, 3.8) is 0 Å². The van der Waals surface area contributed by atoms with Crippen LogP contribution < -0.4 is 4.90 Å². The first-order valence-corrected chi connectivity index (χ1v) is 6.45. The molecule has 0 aliphatic carbocycles. The monoisotopic (exact) mass is 316 g/mol. The fourth-order valence-corrected chi connectivity index (χ4v) is 2.09. The van der Waals surface area contributed by atoms with Gasteiger partial charge >= 0.3 is 0 Å². The van der Waals surface area contributed by atoms with Gasteiger partial charge in [-0.3, -0.25) is 10.1 Å². The van der Waals surface area contributed by atoms with Crippen molar-refractivity contribution in [2.24, 2.45) is 0 Å². The molecular formula is C12H17BrN2O3. The Bertz CT molecular complexity index is 443. The van der Waals surface area contributed by atoms with Crippen LogP contribution in [0.5, 0.6) is 0 Å². The number of hydrogen-bond acceptors (Lipinski definition) is 4. The van der Waals surface area contributed by atoms with Gasteiger partial charge < -0.3 is 10.0 Å². The maximum atomic E-state index is 11.1. The molecule has 0 fully saturated rings. The molecule has 0 aliphatic rings. The Morgan fingerprint density at radius 3 is 2.56 bits per heavy atom. The molecule has 0 amide bonds. The third-order valence-corrected chi connectivity index (χ3v) is 2.93. The van der Waals surface area contributed by atoms with E-state index in [1.807, 2.05) is 6.92 Å². The summed E-state index contributed by atoms with van der Waals surface area (Å²) < 4.78 is 0.664. The van der Waals surface area contributed by atoms with Gasteiger partial charge in [0.05, 0.1) is 10.5 Å². The largest absolute Gasteiger partial charge is 0.389 e. The zero-order valence-corrected chi connectivity index (χ0v) is 12.3. The van der Waals surface area contributed by atoms with Gasteiger partial charge in [-0.15, -0.1) is 0 Å². The smallest absolute Gasteiger partial charge is 0.293 e. The van der Waals surface area contributed by atoms with Gasteiger partial charge in [-0.05, 0) is 32.9 Å². The molecule has 0 radical (unpaired) electrons. The third-order valence-electron chi connectivity index (χ3n) is 2.43. The number of anilines is 1. The highest BCUT2D eigenvalue weighted by molar-refractivity contribution is 9.10. The Labute approximate surface area is 115 Å². The summed E-state index contributed by atoms with van der Waals surface area (Å²) in [7, 11) is 0. The first-order chi connectivity index (χ1) is 8.24. The Hall–Kier alpha value is -1.14. The predicted molar refractivity (Wildman–Crippen MR) is 75.0 cm³/mol. The highest BCUT2D eigenvalue weighted by atomic mass is 79.9. The molecular weight excluding hydrogens is 300 g/mol. The lowest BCUT2D eigenvalue weighted by Crippen LogP contribution is -2.38. The number of nitro groups is 1. The van der Waals surface area contributed by atoms with Crippen LogP contribution in [0.4, 0.5) is 11.4 Å². The summed E-state index contributed by atoms with van der Waals surface area (Å²) >= 11 is 3.22. The third kappa shape index (κ3) is 3.96. The van der Waals surface area contributed by atoms with E-state index in [1.165, 1.54) is 6.07 Å². The predicted octanol–water partition coefficient (Wildman–Crippen LogP) is 2.95. The van der Waals surface area contributed by atoms with Gasteiger partial charge in [0.25, 0.3) is 5.69 Å². The molecule has 18 heavy (non-hydrogen) atoms. The van der Waals surface area contributed by atoms with E-state index in [1.54, 1.807) is 30.9 Å². The molecule has 0 aliphatic heterocycles. The SMILES string of the molecule is CCN(CC(C)(C)O)c1ccc(Br)cc1[N+](=O)[O-]. The average molecular weight is 317 g/mol. The van der Waals surface area contributed by atoms with Gasteiger partial charge in [0.15, 0.2) is 0 Å². The summed E-state index contributed by atoms with van der Waals surface area (Å²) in [5.74, 6) is 0. The van der Waals surface area contributed by atoms with Crippen molar-refractivity contribution in [2.75, 3.05) is 18.0 Å². The van der Waals surface area contributed by atoms with Gasteiger partial charge in [-0.25, -0.2) is 0 Å². The van der Waals surface area contributed by atoms with E-state index in [0.717, 1.165) is 0 Å². The molecule has 0 saturated heterocycles. The van der Waals surface area contributed by atoms with E-state index in [0.29, 0.717) is 23.2 Å². The lowest BCUT2D eigenvalue weighted by atomic mass is 10.1. The second kappa shape index (κ2) is 5.67. The molecule has 1 N–H and O–H groups in total. The molecule has 1 rings (SSSR count). The van der Waals surface area contributed by atoms with Crippen molar-refractivity contribution in [1.82, 2.24) is 0 Å². The number of benzene rings is 1. The minimum absolute atomic E-state index is 0.0375. The van der Waals surface area contributed by atoms with Gasteiger partial charge in [-0.2, -0.15) is 0 Å². The van der Waals surface area contributed by atoms with Crippen LogP contribution in [0.25, 0.3) is 0 Å². The zero-order valence-electron chi connectivity index (χ0n) is 10.7. The molecule has 1 aromatic rings. The summed E-state index contributed by atoms with van der Waals surface area (Å²) in [4.78, 5) is 12.4. The van der Waals surface area contributed by atoms with E-state index >= 15 is 0 Å². The van der Waals surface area contributed by atoms with Crippen molar-refractivity contribution in [1.29, 1.82) is 0 Å². The number of likely N-dealkylation sites (N-methyl/N-ethyl adjacent to an activating group) is 1. The summed E-state index contributed by atoms with van der Waals surface area (Å²) in [5.41, 5.74) is -0.347. The van der Waals surface area contributed by atoms with Crippen LogP contribution in [-0.2, 0) is 0 Å². The summed E-state index contributed by atoms with van der Waals surface area (Å²) in [5, 5.41) is 20.9. The maximum absolute atomic E-state index is 11.1. The van der Waals surface area contributed by atoms with Crippen LogP contribution in [0.2, 0.25) is 0 Å². The molecule has 0 aromatic heterocycles. The molecule has 6 heteroatoms. The quantitative estimate of drug-likeness (QED) is 0.670. The first kappa shape index (κ1) is 14.9. The van der Waals surface area contributed by atoms with E-state index < -0.39 is 10.5 Å². The zero-order chi connectivity index (χ0) is 13.9. The summed E-state index contributed by atoms with van der Waals surface area (Å²) in [6.45, 7) is 6.19. The van der Waals surface area contributed by atoms with Crippen molar-refractivity contribution < 1.29 is 10.0 Å². The molecule has 0 atom stereocenters. The second-order valence-electron chi connectivity index (χ2n) is 4.72. The van der Waals surface area contributed by atoms with E-state index in [9.17, 15) is 15.2 Å². The van der Waals surface area contributed by atoms with E-state index in [2.05, 4.69) is 15.9 Å². The normalized spacial score (nSPS) is 11.4. The minimum atomic E-state index is -0.906. The molecule has 100 valence electrons. The lowest BCUT2D eigenvalue weighted by Gasteiger charge is -2.29. The topological polar surface area (TPSA) is 66.6 Å². The Morgan fingerprint density at radius 1 is 1.50 bits per heavy atom. The lowest BCUT2D eigenvalue weighted by molar-refractivity contribution is -0.384. The van der Waals surface area contributed by atoms with Crippen LogP contribution in [0.15, 0.2) is 22.7 Å². The van der Waals surface area contributed by atoms with Crippen molar-refractivity contribution in [3.05, 3.63) is 32.8 Å². The number of nitro benzene ring substituents is 1. The maximum Gasteiger partial charge on any atom is 0.293 e. The number of nitrogens with zero attached hydrogens (tertiary/aromatic N) is 2. The van der Waals surface area contributed by atoms with Crippen molar-refractivity contribution in [3.8, 4) is 0 Å². The van der Waals surface area contributed by atoms with Crippen LogP contribution in [0.3, 0.4) is 0 Å². The summed E-state index contributed by atoms with van der Waals surface area (Å²) in [6.07, 6.45) is 0. The summed E-state index contributed by atoms with van der Waals surface area (Å²) in [6, 6.07) is 4.93. The number of halogens is 1. The van der Waals surface area contributed by atoms with Crippen molar-refractivity contribution in [2.45, 2.75) is 26.4 Å². The fraction of sp³-hybridized carbons (Fsp3) is 0.500. The molecule has 5 nitrogen and oxygen atoms in total. The van der Waals surface area contributed by atoms with Crippen molar-refractivity contribution >= 4 is 27.3 Å². The van der Waals surface area contributed by atoms with Gasteiger partial charge in [-0.1, -0.05) is 15.9 Å². The fourth-order valence-electron chi connectivity index (χ4n) is 1.74. The Balaban J connectivity index is 3.17. The van der Waals surface area contributed by atoms with E-state index in [4.69, 9.17) is 0 Å². The second-order valence-corrected chi connectivity index (χ2v) is 5.63. The van der Waals surface area contributed by atoms with Gasteiger partial charge in [0.2, 0.25) is 0 Å². The molecule has 0 unspecified atom stereocenters. The molecule has 1 aromatic carbocycles. The van der Waals surface area contributed by atoms with Gasteiger partial charge in [0.1, 0.15) is 5.69 Å². The van der Waals surface area contributed by atoms with Crippen LogP contribution in [-0.4, -0.2) is 28.7 Å². The van der Waals surface area contributed by atoms with Crippen LogP contribution in [0, 0.1) is 10.1 Å². The first-order valence-electron chi connectivity index (χ1n) is 5.66. The highest BCUT2D eigenvalue weighted by Crippen LogP contribution is 2.31. The molecule has 0 bridgehead atoms. The number of rotatable bonds is 5. The Kier molecular flexibility index (Phi) is 4.70. The van der Waals surface area contributed by atoms with Crippen LogP contribution in [0.1, 0.15) is 20.8 Å². The minimum Gasteiger partial charge on any atom is -0.389 e. The molecule has 0 heterocycles.